The van der Waals surface area contributed by atoms with E-state index in [0.717, 1.165) is 0 Å². The first-order chi connectivity index (χ1) is 6.97. The maximum absolute atomic E-state index is 4.22. The standard InChI is InChI=1S/C12H18N2/c1-2-4-7-11(6-3-1)12-10-13-8-5-9-14-12/h5,8-11,14H,1-4,6-7H2. The normalized spacial score (nSPS) is 23.6. The number of hydrogen-bond donors (Lipinski definition) is 1. The molecule has 1 N–H and O–H groups in total. The molecule has 0 saturated heterocycles. The summed E-state index contributed by atoms with van der Waals surface area (Å²) in [5.74, 6) is 0.706. The molecule has 1 saturated carbocycles. The molecule has 0 aromatic carbocycles. The van der Waals surface area contributed by atoms with Gasteiger partial charge < -0.3 is 5.32 Å². The van der Waals surface area contributed by atoms with E-state index in [1.807, 2.05) is 24.7 Å². The van der Waals surface area contributed by atoms with Crippen LogP contribution in [0.3, 0.4) is 0 Å². The SMILES string of the molecule is C1=CNC(C2CCCCCC2)=CN=C1. The number of aliphatic imine (C=N–C) groups is 1. The Labute approximate surface area is 85.8 Å². The molecule has 1 heterocycles. The second kappa shape index (κ2) is 4.99. The lowest BCUT2D eigenvalue weighted by Gasteiger charge is -2.16. The Morgan fingerprint density at radius 3 is 2.71 bits per heavy atom. The Balaban J connectivity index is 2.01. The number of rotatable bonds is 1. The summed E-state index contributed by atoms with van der Waals surface area (Å²) in [6, 6.07) is 0. The zero-order valence-corrected chi connectivity index (χ0v) is 8.58. The van der Waals surface area contributed by atoms with E-state index in [2.05, 4.69) is 10.3 Å². The van der Waals surface area contributed by atoms with Crippen LogP contribution < -0.4 is 5.32 Å². The van der Waals surface area contributed by atoms with E-state index in [1.165, 1.54) is 44.2 Å². The Bertz CT molecular complexity index is 255. The average molecular weight is 190 g/mol. The third-order valence-electron chi connectivity index (χ3n) is 3.03. The van der Waals surface area contributed by atoms with Gasteiger partial charge in [-0.1, -0.05) is 25.7 Å². The highest BCUT2D eigenvalue weighted by Gasteiger charge is 2.16. The second-order valence-corrected chi connectivity index (χ2v) is 4.07. The summed E-state index contributed by atoms with van der Waals surface area (Å²) >= 11 is 0. The third kappa shape index (κ3) is 2.47. The molecule has 0 aromatic heterocycles. The molecule has 0 bridgehead atoms. The minimum atomic E-state index is 0.706. The average Bonchev–Trinajstić information content (AvgIpc) is 2.62. The van der Waals surface area contributed by atoms with Crippen LogP contribution in [0.1, 0.15) is 38.5 Å². The Morgan fingerprint density at radius 2 is 1.93 bits per heavy atom. The van der Waals surface area contributed by atoms with Crippen molar-refractivity contribution in [2.75, 3.05) is 0 Å². The van der Waals surface area contributed by atoms with Crippen LogP contribution in [0.25, 0.3) is 0 Å². The molecule has 0 amide bonds. The maximum atomic E-state index is 4.22. The van der Waals surface area contributed by atoms with Crippen molar-refractivity contribution in [3.63, 3.8) is 0 Å². The van der Waals surface area contributed by atoms with Crippen molar-refractivity contribution in [3.05, 3.63) is 24.2 Å². The highest BCUT2D eigenvalue weighted by atomic mass is 14.9. The van der Waals surface area contributed by atoms with Gasteiger partial charge in [0.05, 0.1) is 0 Å². The highest BCUT2D eigenvalue weighted by Crippen LogP contribution is 2.27. The minimum absolute atomic E-state index is 0.706. The lowest BCUT2D eigenvalue weighted by atomic mass is 9.97. The van der Waals surface area contributed by atoms with Gasteiger partial charge in [0.15, 0.2) is 0 Å². The van der Waals surface area contributed by atoms with Crippen LogP contribution in [-0.2, 0) is 0 Å². The van der Waals surface area contributed by atoms with E-state index in [-0.39, 0.29) is 0 Å². The van der Waals surface area contributed by atoms with Gasteiger partial charge in [0.25, 0.3) is 0 Å². The summed E-state index contributed by atoms with van der Waals surface area (Å²) < 4.78 is 0. The first-order valence-corrected chi connectivity index (χ1v) is 5.62. The van der Waals surface area contributed by atoms with E-state index in [4.69, 9.17) is 0 Å². The van der Waals surface area contributed by atoms with Gasteiger partial charge in [-0.3, -0.25) is 4.99 Å². The van der Waals surface area contributed by atoms with Gasteiger partial charge in [-0.25, -0.2) is 0 Å². The lowest BCUT2D eigenvalue weighted by Crippen LogP contribution is -2.14. The van der Waals surface area contributed by atoms with Crippen molar-refractivity contribution in [1.29, 1.82) is 0 Å². The molecule has 76 valence electrons. The van der Waals surface area contributed by atoms with Crippen LogP contribution in [0, 0.1) is 5.92 Å². The van der Waals surface area contributed by atoms with Gasteiger partial charge in [-0.2, -0.15) is 0 Å². The van der Waals surface area contributed by atoms with Gasteiger partial charge in [-0.15, -0.1) is 0 Å². The summed E-state index contributed by atoms with van der Waals surface area (Å²) in [6.45, 7) is 0. The smallest absolute Gasteiger partial charge is 0.0463 e. The summed E-state index contributed by atoms with van der Waals surface area (Å²) in [4.78, 5) is 4.22. The number of allylic oxidation sites excluding steroid dienone is 2. The van der Waals surface area contributed by atoms with Crippen molar-refractivity contribution in [2.45, 2.75) is 38.5 Å². The fraction of sp³-hybridized carbons (Fsp3) is 0.583. The van der Waals surface area contributed by atoms with E-state index >= 15 is 0 Å². The monoisotopic (exact) mass is 190 g/mol. The van der Waals surface area contributed by atoms with E-state index in [0.29, 0.717) is 5.92 Å². The molecule has 0 unspecified atom stereocenters. The molecule has 1 aliphatic carbocycles. The van der Waals surface area contributed by atoms with Crippen molar-refractivity contribution < 1.29 is 0 Å². The van der Waals surface area contributed by atoms with Crippen molar-refractivity contribution in [1.82, 2.24) is 5.32 Å². The molecule has 0 spiro atoms. The van der Waals surface area contributed by atoms with Crippen molar-refractivity contribution >= 4 is 6.21 Å². The van der Waals surface area contributed by atoms with Gasteiger partial charge in [0, 0.05) is 30.2 Å². The second-order valence-electron chi connectivity index (χ2n) is 4.07. The van der Waals surface area contributed by atoms with Crippen LogP contribution in [0.2, 0.25) is 0 Å². The molecule has 2 aliphatic rings. The van der Waals surface area contributed by atoms with Gasteiger partial charge >= 0.3 is 0 Å². The van der Waals surface area contributed by atoms with Crippen LogP contribution in [-0.4, -0.2) is 6.21 Å². The molecule has 14 heavy (non-hydrogen) atoms. The Kier molecular flexibility index (Phi) is 3.39. The highest BCUT2D eigenvalue weighted by molar-refractivity contribution is 5.72. The van der Waals surface area contributed by atoms with E-state index in [9.17, 15) is 0 Å². The third-order valence-corrected chi connectivity index (χ3v) is 3.03. The van der Waals surface area contributed by atoms with Crippen molar-refractivity contribution in [2.24, 2.45) is 10.9 Å². The van der Waals surface area contributed by atoms with Crippen molar-refractivity contribution in [3.8, 4) is 0 Å². The van der Waals surface area contributed by atoms with Crippen LogP contribution in [0.15, 0.2) is 29.2 Å². The van der Waals surface area contributed by atoms with Gasteiger partial charge in [0.2, 0.25) is 0 Å². The molecule has 0 atom stereocenters. The number of nitrogens with zero attached hydrogens (tertiary/aromatic N) is 1. The van der Waals surface area contributed by atoms with E-state index < -0.39 is 0 Å². The molecule has 0 aromatic rings. The number of hydrogen-bond acceptors (Lipinski definition) is 2. The minimum Gasteiger partial charge on any atom is -0.363 e. The van der Waals surface area contributed by atoms with Crippen LogP contribution in [0.4, 0.5) is 0 Å². The lowest BCUT2D eigenvalue weighted by molar-refractivity contribution is 0.509. The largest absolute Gasteiger partial charge is 0.363 e. The molecule has 1 aliphatic heterocycles. The quantitative estimate of drug-likeness (QED) is 0.631. The molecule has 2 heteroatoms. The molecule has 1 fully saturated rings. The Morgan fingerprint density at radius 1 is 1.14 bits per heavy atom. The maximum Gasteiger partial charge on any atom is 0.0463 e. The summed E-state index contributed by atoms with van der Waals surface area (Å²) in [6.07, 6.45) is 15.9. The Hall–Kier alpha value is -1.05. The van der Waals surface area contributed by atoms with E-state index in [1.54, 1.807) is 0 Å². The van der Waals surface area contributed by atoms with Crippen LogP contribution >= 0.6 is 0 Å². The molecular weight excluding hydrogens is 172 g/mol. The molecule has 2 rings (SSSR count). The zero-order chi connectivity index (χ0) is 9.64. The van der Waals surface area contributed by atoms with Crippen LogP contribution in [0.5, 0.6) is 0 Å². The first kappa shape index (κ1) is 9.50. The summed E-state index contributed by atoms with van der Waals surface area (Å²) in [5.41, 5.74) is 1.30. The fourth-order valence-corrected chi connectivity index (χ4v) is 2.21. The summed E-state index contributed by atoms with van der Waals surface area (Å²) in [7, 11) is 0. The van der Waals surface area contributed by atoms with Gasteiger partial charge in [0.1, 0.15) is 0 Å². The summed E-state index contributed by atoms with van der Waals surface area (Å²) in [5, 5.41) is 3.33. The number of nitrogens with one attached hydrogen (secondary N) is 1. The topological polar surface area (TPSA) is 24.4 Å². The first-order valence-electron chi connectivity index (χ1n) is 5.62. The predicted octanol–water partition coefficient (Wildman–Crippen LogP) is 2.99. The van der Waals surface area contributed by atoms with Gasteiger partial charge in [-0.05, 0) is 18.9 Å². The zero-order valence-electron chi connectivity index (χ0n) is 8.58. The molecular formula is C12H18N2. The predicted molar refractivity (Wildman–Crippen MR) is 60.0 cm³/mol. The fourth-order valence-electron chi connectivity index (χ4n) is 2.21. The molecule has 0 radical (unpaired) electrons. The molecule has 2 nitrogen and oxygen atoms in total.